The molecule has 2 atom stereocenters. The van der Waals surface area contributed by atoms with Crippen molar-refractivity contribution < 1.29 is 8.42 Å². The topological polar surface area (TPSA) is 73.2 Å². The van der Waals surface area contributed by atoms with E-state index in [1.54, 1.807) is 0 Å². The molecule has 2 fully saturated rings. The summed E-state index contributed by atoms with van der Waals surface area (Å²) in [5, 5.41) is 12.7. The summed E-state index contributed by atoms with van der Waals surface area (Å²) >= 11 is 5.87. The molecular weight excluding hydrogens is 345 g/mol. The molecule has 0 radical (unpaired) electrons. The molecule has 1 aromatic rings. The lowest BCUT2D eigenvalue weighted by Crippen LogP contribution is -2.39. The van der Waals surface area contributed by atoms with Crippen LogP contribution in [-0.4, -0.2) is 37.9 Å². The van der Waals surface area contributed by atoms with Gasteiger partial charge in [0.25, 0.3) is 0 Å². The van der Waals surface area contributed by atoms with E-state index >= 15 is 0 Å². The SMILES string of the molecule is Cl.N#Cc1cc(S(=O)(=O)N2CCC3CCC(C2)N3)ccc1Cl. The number of rotatable bonds is 2. The van der Waals surface area contributed by atoms with E-state index in [2.05, 4.69) is 5.32 Å². The zero-order valence-corrected chi connectivity index (χ0v) is 14.2. The lowest BCUT2D eigenvalue weighted by Gasteiger charge is -2.23. The number of nitriles is 1. The molecule has 1 aromatic carbocycles. The average molecular weight is 362 g/mol. The van der Waals surface area contributed by atoms with E-state index in [1.807, 2.05) is 6.07 Å². The first kappa shape index (κ1) is 17.5. The van der Waals surface area contributed by atoms with Crippen molar-refractivity contribution in [3.63, 3.8) is 0 Å². The maximum Gasteiger partial charge on any atom is 0.243 e. The van der Waals surface area contributed by atoms with Crippen LogP contribution in [0.3, 0.4) is 0 Å². The fraction of sp³-hybridized carbons (Fsp3) is 0.500. The first-order chi connectivity index (χ1) is 10.0. The molecular formula is C14H17Cl2N3O2S. The van der Waals surface area contributed by atoms with Gasteiger partial charge in [-0.3, -0.25) is 0 Å². The van der Waals surface area contributed by atoms with E-state index in [0.29, 0.717) is 19.1 Å². The van der Waals surface area contributed by atoms with E-state index < -0.39 is 10.0 Å². The second-order valence-electron chi connectivity index (χ2n) is 5.54. The Bertz CT molecular complexity index is 703. The Morgan fingerprint density at radius 2 is 2.00 bits per heavy atom. The molecule has 3 rings (SSSR count). The summed E-state index contributed by atoms with van der Waals surface area (Å²) in [7, 11) is -3.57. The Morgan fingerprint density at radius 1 is 1.27 bits per heavy atom. The molecule has 120 valence electrons. The summed E-state index contributed by atoms with van der Waals surface area (Å²) in [6.45, 7) is 1.00. The Balaban J connectivity index is 0.00000176. The van der Waals surface area contributed by atoms with Gasteiger partial charge in [0.15, 0.2) is 0 Å². The van der Waals surface area contributed by atoms with Crippen LogP contribution in [0.1, 0.15) is 24.8 Å². The lowest BCUT2D eigenvalue weighted by atomic mass is 10.1. The van der Waals surface area contributed by atoms with E-state index in [0.717, 1.165) is 19.3 Å². The normalized spacial score (nSPS) is 25.1. The predicted octanol–water partition coefficient (Wildman–Crippen LogP) is 2.15. The molecule has 2 aliphatic rings. The lowest BCUT2D eigenvalue weighted by molar-refractivity contribution is 0.383. The average Bonchev–Trinajstić information content (AvgIpc) is 2.77. The monoisotopic (exact) mass is 361 g/mol. The molecule has 2 heterocycles. The van der Waals surface area contributed by atoms with E-state index in [9.17, 15) is 8.42 Å². The molecule has 2 bridgehead atoms. The number of benzene rings is 1. The van der Waals surface area contributed by atoms with Gasteiger partial charge in [0.2, 0.25) is 10.0 Å². The van der Waals surface area contributed by atoms with Crippen LogP contribution in [0.5, 0.6) is 0 Å². The highest BCUT2D eigenvalue weighted by atomic mass is 35.5. The third-order valence-electron chi connectivity index (χ3n) is 4.18. The first-order valence-electron chi connectivity index (χ1n) is 6.96. The molecule has 1 N–H and O–H groups in total. The summed E-state index contributed by atoms with van der Waals surface area (Å²) in [6, 6.07) is 6.87. The summed E-state index contributed by atoms with van der Waals surface area (Å²) in [4.78, 5) is 0.140. The van der Waals surface area contributed by atoms with Gasteiger partial charge in [-0.1, -0.05) is 11.6 Å². The number of nitrogens with zero attached hydrogens (tertiary/aromatic N) is 2. The van der Waals surface area contributed by atoms with Gasteiger partial charge in [-0.05, 0) is 37.5 Å². The van der Waals surface area contributed by atoms with Crippen LogP contribution in [0.2, 0.25) is 5.02 Å². The first-order valence-corrected chi connectivity index (χ1v) is 8.78. The fourth-order valence-corrected chi connectivity index (χ4v) is 4.72. The number of hydrogen-bond acceptors (Lipinski definition) is 4. The number of nitrogens with one attached hydrogen (secondary N) is 1. The number of hydrogen-bond donors (Lipinski definition) is 1. The van der Waals surface area contributed by atoms with Crippen LogP contribution >= 0.6 is 24.0 Å². The molecule has 2 aliphatic heterocycles. The summed E-state index contributed by atoms with van der Waals surface area (Å²) in [5.74, 6) is 0. The standard InChI is InChI=1S/C14H16ClN3O2S.ClH/c15-14-4-3-13(7-10(14)8-16)21(19,20)18-6-5-11-1-2-12(9-18)17-11;/h3-4,7,11-12,17H,1-2,5-6,9H2;1H. The molecule has 0 saturated carbocycles. The summed E-state index contributed by atoms with van der Waals surface area (Å²) in [5.41, 5.74) is 0.187. The maximum atomic E-state index is 12.7. The summed E-state index contributed by atoms with van der Waals surface area (Å²) in [6.07, 6.45) is 2.97. The third kappa shape index (κ3) is 3.24. The minimum absolute atomic E-state index is 0. The smallest absolute Gasteiger partial charge is 0.243 e. The van der Waals surface area contributed by atoms with E-state index in [1.165, 1.54) is 22.5 Å². The van der Waals surface area contributed by atoms with Crippen LogP contribution in [0.25, 0.3) is 0 Å². The quantitative estimate of drug-likeness (QED) is 0.875. The highest BCUT2D eigenvalue weighted by Gasteiger charge is 2.35. The van der Waals surface area contributed by atoms with Gasteiger partial charge in [0, 0.05) is 25.2 Å². The molecule has 2 saturated heterocycles. The second kappa shape index (κ2) is 6.73. The molecule has 0 amide bonds. The number of sulfonamides is 1. The van der Waals surface area contributed by atoms with Crippen molar-refractivity contribution in [1.29, 1.82) is 5.26 Å². The highest BCUT2D eigenvalue weighted by molar-refractivity contribution is 7.89. The molecule has 0 aromatic heterocycles. The molecule has 0 spiro atoms. The summed E-state index contributed by atoms with van der Waals surface area (Å²) < 4.78 is 27.0. The molecule has 8 heteroatoms. The largest absolute Gasteiger partial charge is 0.310 e. The van der Waals surface area contributed by atoms with E-state index in [4.69, 9.17) is 16.9 Å². The van der Waals surface area contributed by atoms with Gasteiger partial charge in [-0.2, -0.15) is 9.57 Å². The van der Waals surface area contributed by atoms with Crippen LogP contribution in [0.15, 0.2) is 23.1 Å². The Morgan fingerprint density at radius 3 is 2.73 bits per heavy atom. The minimum Gasteiger partial charge on any atom is -0.310 e. The van der Waals surface area contributed by atoms with Crippen molar-refractivity contribution >= 4 is 34.0 Å². The van der Waals surface area contributed by atoms with Crippen LogP contribution in [-0.2, 0) is 10.0 Å². The second-order valence-corrected chi connectivity index (χ2v) is 7.89. The Hall–Kier alpha value is -0.840. The highest BCUT2D eigenvalue weighted by Crippen LogP contribution is 2.27. The molecule has 22 heavy (non-hydrogen) atoms. The zero-order chi connectivity index (χ0) is 15.0. The van der Waals surface area contributed by atoms with Crippen molar-refractivity contribution in [2.24, 2.45) is 0 Å². The van der Waals surface area contributed by atoms with Crippen LogP contribution < -0.4 is 5.32 Å². The van der Waals surface area contributed by atoms with Crippen molar-refractivity contribution in [1.82, 2.24) is 9.62 Å². The maximum absolute atomic E-state index is 12.7. The molecule has 5 nitrogen and oxygen atoms in total. The number of halogens is 2. The van der Waals surface area contributed by atoms with Crippen molar-refractivity contribution in [2.75, 3.05) is 13.1 Å². The van der Waals surface area contributed by atoms with Crippen LogP contribution in [0.4, 0.5) is 0 Å². The Kier molecular flexibility index (Phi) is 5.36. The third-order valence-corrected chi connectivity index (χ3v) is 6.37. The van der Waals surface area contributed by atoms with Gasteiger partial charge in [0.05, 0.1) is 15.5 Å². The van der Waals surface area contributed by atoms with Gasteiger partial charge in [-0.25, -0.2) is 8.42 Å². The van der Waals surface area contributed by atoms with Gasteiger partial charge >= 0.3 is 0 Å². The number of fused-ring (bicyclic) bond motifs is 2. The van der Waals surface area contributed by atoms with Crippen molar-refractivity contribution in [3.8, 4) is 6.07 Å². The zero-order valence-electron chi connectivity index (χ0n) is 11.8. The molecule has 2 unspecified atom stereocenters. The minimum atomic E-state index is -3.57. The van der Waals surface area contributed by atoms with Gasteiger partial charge in [0.1, 0.15) is 6.07 Å². The van der Waals surface area contributed by atoms with E-state index in [-0.39, 0.29) is 33.9 Å². The van der Waals surface area contributed by atoms with Crippen molar-refractivity contribution in [3.05, 3.63) is 28.8 Å². The predicted molar refractivity (Wildman–Crippen MR) is 86.7 cm³/mol. The van der Waals surface area contributed by atoms with Gasteiger partial charge in [-0.15, -0.1) is 12.4 Å². The Labute approximate surface area is 141 Å². The fourth-order valence-electron chi connectivity index (χ4n) is 3.03. The van der Waals surface area contributed by atoms with Crippen molar-refractivity contribution in [2.45, 2.75) is 36.2 Å². The van der Waals surface area contributed by atoms with Gasteiger partial charge < -0.3 is 5.32 Å². The van der Waals surface area contributed by atoms with Crippen LogP contribution in [0, 0.1) is 11.3 Å². The molecule has 0 aliphatic carbocycles.